The van der Waals surface area contributed by atoms with Gasteiger partial charge in [0.1, 0.15) is 6.54 Å². The number of nitrogens with one attached hydrogen (secondary N) is 1. The van der Waals surface area contributed by atoms with E-state index in [9.17, 15) is 14.4 Å². The Labute approximate surface area is 172 Å². The molecule has 144 valence electrons. The fourth-order valence-corrected chi connectivity index (χ4v) is 4.57. The summed E-state index contributed by atoms with van der Waals surface area (Å²) in [6, 6.07) is 17.3. The summed E-state index contributed by atoms with van der Waals surface area (Å²) in [6.07, 6.45) is 2.26. The highest BCUT2D eigenvalue weighted by molar-refractivity contribution is 9.10. The number of carbonyl (C=O) groups is 3. The molecule has 0 bridgehead atoms. The zero-order chi connectivity index (χ0) is 19.7. The summed E-state index contributed by atoms with van der Waals surface area (Å²) < 4.78 is 0.910. The minimum atomic E-state index is -0.359. The maximum Gasteiger partial charge on any atom is 0.244 e. The van der Waals surface area contributed by atoms with Gasteiger partial charge in [0, 0.05) is 10.2 Å². The van der Waals surface area contributed by atoms with Crippen molar-refractivity contribution in [3.05, 3.63) is 64.6 Å². The average molecular weight is 441 g/mol. The molecule has 0 unspecified atom stereocenters. The lowest BCUT2D eigenvalue weighted by atomic mass is 9.73. The summed E-state index contributed by atoms with van der Waals surface area (Å²) >= 11 is 3.34. The predicted octanol–water partition coefficient (Wildman–Crippen LogP) is 3.96. The largest absolute Gasteiger partial charge is 0.325 e. The third-order valence-corrected chi connectivity index (χ3v) is 6.25. The number of imide groups is 1. The maximum absolute atomic E-state index is 12.9. The van der Waals surface area contributed by atoms with Crippen molar-refractivity contribution in [2.45, 2.75) is 25.2 Å². The van der Waals surface area contributed by atoms with E-state index in [0.717, 1.165) is 15.8 Å². The molecule has 6 heteroatoms. The quantitative estimate of drug-likeness (QED) is 0.731. The Morgan fingerprint density at radius 3 is 2.36 bits per heavy atom. The van der Waals surface area contributed by atoms with Gasteiger partial charge < -0.3 is 5.32 Å². The van der Waals surface area contributed by atoms with Crippen molar-refractivity contribution in [3.8, 4) is 0 Å². The van der Waals surface area contributed by atoms with Crippen LogP contribution in [0.4, 0.5) is 5.69 Å². The van der Waals surface area contributed by atoms with Crippen molar-refractivity contribution in [3.63, 3.8) is 0 Å². The number of amides is 3. The molecule has 3 atom stereocenters. The molecule has 2 aromatic carbocycles. The first-order chi connectivity index (χ1) is 13.5. The van der Waals surface area contributed by atoms with E-state index in [0.29, 0.717) is 18.5 Å². The third-order valence-electron chi connectivity index (χ3n) is 5.72. The molecule has 1 aliphatic carbocycles. The molecule has 1 saturated heterocycles. The molecule has 2 fully saturated rings. The summed E-state index contributed by atoms with van der Waals surface area (Å²) in [7, 11) is 0. The number of carbonyl (C=O) groups excluding carboxylic acids is 3. The zero-order valence-electron chi connectivity index (χ0n) is 15.3. The molecule has 1 saturated carbocycles. The average Bonchev–Trinajstić information content (AvgIpc) is 2.95. The van der Waals surface area contributed by atoms with Crippen molar-refractivity contribution in [2.75, 3.05) is 11.9 Å². The second-order valence-electron chi connectivity index (χ2n) is 7.45. The fraction of sp³-hybridized carbons (Fsp3) is 0.318. The van der Waals surface area contributed by atoms with Gasteiger partial charge in [0.15, 0.2) is 0 Å². The first-order valence-electron chi connectivity index (χ1n) is 9.48. The van der Waals surface area contributed by atoms with Crippen LogP contribution < -0.4 is 5.32 Å². The van der Waals surface area contributed by atoms with Crippen LogP contribution in [0.2, 0.25) is 0 Å². The Hall–Kier alpha value is -2.47. The van der Waals surface area contributed by atoms with E-state index in [1.807, 2.05) is 30.3 Å². The van der Waals surface area contributed by atoms with Gasteiger partial charge in [-0.25, -0.2) is 0 Å². The zero-order valence-corrected chi connectivity index (χ0v) is 16.9. The highest BCUT2D eigenvalue weighted by atomic mass is 79.9. The van der Waals surface area contributed by atoms with Gasteiger partial charge in [-0.15, -0.1) is 0 Å². The van der Waals surface area contributed by atoms with Crippen LogP contribution in [0.15, 0.2) is 59.1 Å². The molecule has 4 rings (SSSR count). The lowest BCUT2D eigenvalue weighted by molar-refractivity contribution is -0.142. The normalized spacial score (nSPS) is 24.2. The smallest absolute Gasteiger partial charge is 0.244 e. The first kappa shape index (κ1) is 18.9. The van der Waals surface area contributed by atoms with Gasteiger partial charge >= 0.3 is 0 Å². The minimum absolute atomic E-state index is 0.201. The predicted molar refractivity (Wildman–Crippen MR) is 110 cm³/mol. The number of likely N-dealkylation sites (tertiary alicyclic amines) is 1. The third kappa shape index (κ3) is 3.74. The number of hydrogen-bond donors (Lipinski definition) is 1. The molecular formula is C22H21BrN2O3. The number of nitrogens with zero attached hydrogens (tertiary/aromatic N) is 1. The van der Waals surface area contributed by atoms with Crippen LogP contribution in [0.25, 0.3) is 0 Å². The second kappa shape index (κ2) is 7.87. The van der Waals surface area contributed by atoms with Crippen LogP contribution in [0.5, 0.6) is 0 Å². The number of fused-ring (bicyclic) bond motifs is 1. The SMILES string of the molecule is O=C(CN1C(=O)[C@H]2C[C@@H](c3ccccc3)CC[C@H]2C1=O)Nc1ccc(Br)cc1. The van der Waals surface area contributed by atoms with Crippen molar-refractivity contribution < 1.29 is 14.4 Å². The van der Waals surface area contributed by atoms with E-state index in [1.54, 1.807) is 12.1 Å². The van der Waals surface area contributed by atoms with Gasteiger partial charge in [-0.05, 0) is 55.0 Å². The van der Waals surface area contributed by atoms with E-state index in [2.05, 4.69) is 33.4 Å². The highest BCUT2D eigenvalue weighted by Gasteiger charge is 2.50. The Balaban J connectivity index is 1.42. The number of benzene rings is 2. The molecule has 0 aromatic heterocycles. The molecule has 28 heavy (non-hydrogen) atoms. The summed E-state index contributed by atoms with van der Waals surface area (Å²) in [5.41, 5.74) is 1.85. The number of rotatable bonds is 4. The Kier molecular flexibility index (Phi) is 5.31. The summed E-state index contributed by atoms with van der Waals surface area (Å²) in [6.45, 7) is -0.225. The summed E-state index contributed by atoms with van der Waals surface area (Å²) in [5.74, 6) is -1.08. The van der Waals surface area contributed by atoms with Crippen LogP contribution in [0.3, 0.4) is 0 Å². The lowest BCUT2D eigenvalue weighted by Crippen LogP contribution is -2.38. The van der Waals surface area contributed by atoms with Crippen molar-refractivity contribution in [1.82, 2.24) is 4.90 Å². The van der Waals surface area contributed by atoms with Gasteiger partial charge in [-0.3, -0.25) is 19.3 Å². The monoisotopic (exact) mass is 440 g/mol. The summed E-state index contributed by atoms with van der Waals surface area (Å²) in [4.78, 5) is 39.1. The Morgan fingerprint density at radius 1 is 0.964 bits per heavy atom. The minimum Gasteiger partial charge on any atom is -0.325 e. The molecule has 1 heterocycles. The van der Waals surface area contributed by atoms with Crippen LogP contribution in [0.1, 0.15) is 30.7 Å². The van der Waals surface area contributed by atoms with E-state index < -0.39 is 0 Å². The van der Waals surface area contributed by atoms with Gasteiger partial charge in [0.2, 0.25) is 17.7 Å². The Morgan fingerprint density at radius 2 is 1.64 bits per heavy atom. The van der Waals surface area contributed by atoms with E-state index in [4.69, 9.17) is 0 Å². The Bertz CT molecular complexity index is 898. The van der Waals surface area contributed by atoms with Crippen LogP contribution >= 0.6 is 15.9 Å². The molecule has 2 aromatic rings. The van der Waals surface area contributed by atoms with Crippen molar-refractivity contribution in [1.29, 1.82) is 0 Å². The maximum atomic E-state index is 12.9. The number of anilines is 1. The molecule has 2 aliphatic rings. The van der Waals surface area contributed by atoms with Crippen LogP contribution in [-0.4, -0.2) is 29.2 Å². The van der Waals surface area contributed by atoms with Gasteiger partial charge in [-0.2, -0.15) is 0 Å². The van der Waals surface area contributed by atoms with E-state index >= 15 is 0 Å². The summed E-state index contributed by atoms with van der Waals surface area (Å²) in [5, 5.41) is 2.75. The lowest BCUT2D eigenvalue weighted by Gasteiger charge is -2.28. The molecule has 1 N–H and O–H groups in total. The molecule has 0 spiro atoms. The van der Waals surface area contributed by atoms with E-state index in [-0.39, 0.29) is 42.0 Å². The first-order valence-corrected chi connectivity index (χ1v) is 10.3. The standard InChI is InChI=1S/C22H21BrN2O3/c23-16-7-9-17(10-8-16)24-20(26)13-25-21(27)18-11-6-15(12-19(18)22(25)28)14-4-2-1-3-5-14/h1-5,7-10,15,18-19H,6,11-13H2,(H,24,26)/t15-,18+,19-/m0/s1. The van der Waals surface area contributed by atoms with Gasteiger partial charge in [-0.1, -0.05) is 46.3 Å². The topological polar surface area (TPSA) is 66.5 Å². The van der Waals surface area contributed by atoms with Gasteiger partial charge in [0.25, 0.3) is 0 Å². The van der Waals surface area contributed by atoms with Crippen LogP contribution in [-0.2, 0) is 14.4 Å². The number of hydrogen-bond acceptors (Lipinski definition) is 3. The number of halogens is 1. The van der Waals surface area contributed by atoms with E-state index in [1.165, 1.54) is 5.56 Å². The fourth-order valence-electron chi connectivity index (χ4n) is 4.31. The molecule has 5 nitrogen and oxygen atoms in total. The molecule has 3 amide bonds. The van der Waals surface area contributed by atoms with Crippen molar-refractivity contribution in [2.24, 2.45) is 11.8 Å². The molecule has 0 radical (unpaired) electrons. The molecule has 1 aliphatic heterocycles. The van der Waals surface area contributed by atoms with Crippen molar-refractivity contribution >= 4 is 39.3 Å². The van der Waals surface area contributed by atoms with Gasteiger partial charge in [0.05, 0.1) is 11.8 Å². The van der Waals surface area contributed by atoms with Crippen LogP contribution in [0, 0.1) is 11.8 Å². The second-order valence-corrected chi connectivity index (χ2v) is 8.37. The highest BCUT2D eigenvalue weighted by Crippen LogP contribution is 2.44. The molecular weight excluding hydrogens is 420 g/mol.